The van der Waals surface area contributed by atoms with E-state index in [0.29, 0.717) is 16.7 Å². The lowest BCUT2D eigenvalue weighted by Crippen LogP contribution is -2.03. The van der Waals surface area contributed by atoms with Crippen molar-refractivity contribution in [1.82, 2.24) is 0 Å². The number of nitrogens with two attached hydrogens (primary N) is 1. The van der Waals surface area contributed by atoms with Crippen LogP contribution in [0.15, 0.2) is 26.8 Å². The summed E-state index contributed by atoms with van der Waals surface area (Å²) in [4.78, 5) is 0. The molecule has 0 unspecified atom stereocenters. The van der Waals surface area contributed by atoms with Gasteiger partial charge in [-0.05, 0) is 39.9 Å². The van der Waals surface area contributed by atoms with E-state index < -0.39 is 0 Å². The van der Waals surface area contributed by atoms with Crippen LogP contribution in [0.5, 0.6) is 11.5 Å². The molecule has 0 saturated carbocycles. The summed E-state index contributed by atoms with van der Waals surface area (Å²) in [6, 6.07) is 3.66. The summed E-state index contributed by atoms with van der Waals surface area (Å²) in [5.41, 5.74) is 6.34. The molecule has 0 aliphatic carbocycles. The standard InChI is InChI=1S/C11H14BrN3O2S/c1-16-9-5-7(4-8(12)10(9)17-2)6-14-15-11(13)18-3/h4-6H,1-3H3,(H2,13,15)/b14-6-. The largest absolute Gasteiger partial charge is 0.493 e. The fraction of sp³-hybridized carbons (Fsp3) is 0.273. The van der Waals surface area contributed by atoms with Crippen LogP contribution >= 0.6 is 27.7 Å². The summed E-state index contributed by atoms with van der Waals surface area (Å²) >= 11 is 4.74. The zero-order chi connectivity index (χ0) is 13.5. The fourth-order valence-corrected chi connectivity index (χ4v) is 1.96. The smallest absolute Gasteiger partial charge is 0.180 e. The van der Waals surface area contributed by atoms with Gasteiger partial charge in [-0.1, -0.05) is 11.8 Å². The number of ether oxygens (including phenoxy) is 2. The van der Waals surface area contributed by atoms with Gasteiger partial charge in [0, 0.05) is 0 Å². The average molecular weight is 332 g/mol. The monoisotopic (exact) mass is 331 g/mol. The van der Waals surface area contributed by atoms with Crippen LogP contribution in [0.4, 0.5) is 0 Å². The Hall–Kier alpha value is -1.21. The number of amidine groups is 1. The number of thioether (sulfide) groups is 1. The minimum Gasteiger partial charge on any atom is -0.493 e. The second-order valence-electron chi connectivity index (χ2n) is 3.13. The third-order valence-corrected chi connectivity index (χ3v) is 3.12. The lowest BCUT2D eigenvalue weighted by atomic mass is 10.2. The van der Waals surface area contributed by atoms with Gasteiger partial charge in [0.1, 0.15) is 0 Å². The third-order valence-electron chi connectivity index (χ3n) is 2.03. The molecule has 2 N–H and O–H groups in total. The Morgan fingerprint density at radius 1 is 1.39 bits per heavy atom. The minimum atomic E-state index is 0.408. The molecule has 0 aliphatic heterocycles. The Kier molecular flexibility index (Phi) is 6.00. The van der Waals surface area contributed by atoms with Crippen LogP contribution in [0.3, 0.4) is 0 Å². The van der Waals surface area contributed by atoms with Crippen LogP contribution < -0.4 is 15.2 Å². The Morgan fingerprint density at radius 2 is 2.11 bits per heavy atom. The molecule has 0 atom stereocenters. The molecule has 0 saturated heterocycles. The number of halogens is 1. The number of benzene rings is 1. The van der Waals surface area contributed by atoms with Crippen molar-refractivity contribution in [3.8, 4) is 11.5 Å². The summed E-state index contributed by atoms with van der Waals surface area (Å²) < 4.78 is 11.2. The zero-order valence-electron chi connectivity index (χ0n) is 10.3. The van der Waals surface area contributed by atoms with Gasteiger partial charge in [-0.25, -0.2) is 0 Å². The number of methoxy groups -OCH3 is 2. The maximum Gasteiger partial charge on any atom is 0.180 e. The Labute approximate surface area is 119 Å². The maximum atomic E-state index is 5.51. The van der Waals surface area contributed by atoms with Crippen molar-refractivity contribution in [2.24, 2.45) is 15.9 Å². The van der Waals surface area contributed by atoms with E-state index in [1.807, 2.05) is 12.3 Å². The summed E-state index contributed by atoms with van der Waals surface area (Å²) in [6.07, 6.45) is 3.43. The number of hydrogen-bond acceptors (Lipinski definition) is 5. The molecule has 0 fully saturated rings. The van der Waals surface area contributed by atoms with Gasteiger partial charge in [0.25, 0.3) is 0 Å². The first kappa shape index (κ1) is 14.8. The topological polar surface area (TPSA) is 69.2 Å². The number of rotatable bonds is 4. The number of hydrogen-bond donors (Lipinski definition) is 1. The highest BCUT2D eigenvalue weighted by atomic mass is 79.9. The molecule has 0 radical (unpaired) electrons. The van der Waals surface area contributed by atoms with E-state index in [2.05, 4.69) is 26.1 Å². The molecule has 1 rings (SSSR count). The Bertz CT molecular complexity index is 478. The highest BCUT2D eigenvalue weighted by molar-refractivity contribution is 9.10. The first-order valence-corrected chi connectivity index (χ1v) is 6.96. The molecular formula is C11H14BrN3O2S. The van der Waals surface area contributed by atoms with Crippen molar-refractivity contribution in [2.45, 2.75) is 0 Å². The highest BCUT2D eigenvalue weighted by Gasteiger charge is 2.09. The van der Waals surface area contributed by atoms with Crippen molar-refractivity contribution in [2.75, 3.05) is 20.5 Å². The van der Waals surface area contributed by atoms with Gasteiger partial charge in [0.2, 0.25) is 0 Å². The molecule has 18 heavy (non-hydrogen) atoms. The van der Waals surface area contributed by atoms with Gasteiger partial charge in [0.05, 0.1) is 24.9 Å². The van der Waals surface area contributed by atoms with Crippen LogP contribution in [0.2, 0.25) is 0 Å². The summed E-state index contributed by atoms with van der Waals surface area (Å²) in [6.45, 7) is 0. The third kappa shape index (κ3) is 3.92. The van der Waals surface area contributed by atoms with Gasteiger partial charge >= 0.3 is 0 Å². The lowest BCUT2D eigenvalue weighted by molar-refractivity contribution is 0.353. The molecule has 0 heterocycles. The van der Waals surface area contributed by atoms with Crippen LogP contribution in [-0.4, -0.2) is 31.9 Å². The number of nitrogens with zero attached hydrogens (tertiary/aromatic N) is 2. The highest BCUT2D eigenvalue weighted by Crippen LogP contribution is 2.35. The molecule has 0 spiro atoms. The Morgan fingerprint density at radius 3 is 2.67 bits per heavy atom. The fourth-order valence-electron chi connectivity index (χ4n) is 1.21. The van der Waals surface area contributed by atoms with E-state index in [4.69, 9.17) is 15.2 Å². The zero-order valence-corrected chi connectivity index (χ0v) is 12.7. The van der Waals surface area contributed by atoms with Gasteiger partial charge in [0.15, 0.2) is 16.7 Å². The quantitative estimate of drug-likeness (QED) is 0.522. The minimum absolute atomic E-state index is 0.408. The van der Waals surface area contributed by atoms with Crippen molar-refractivity contribution >= 4 is 39.1 Å². The van der Waals surface area contributed by atoms with E-state index in [9.17, 15) is 0 Å². The molecule has 0 bridgehead atoms. The Balaban J connectivity index is 3.01. The van der Waals surface area contributed by atoms with E-state index in [1.165, 1.54) is 11.8 Å². The van der Waals surface area contributed by atoms with Crippen molar-refractivity contribution < 1.29 is 9.47 Å². The first-order valence-electron chi connectivity index (χ1n) is 4.94. The van der Waals surface area contributed by atoms with E-state index in [0.717, 1.165) is 10.0 Å². The molecule has 5 nitrogen and oxygen atoms in total. The molecule has 98 valence electrons. The second-order valence-corrected chi connectivity index (χ2v) is 4.81. The molecule has 7 heteroatoms. The predicted molar refractivity (Wildman–Crippen MR) is 80.0 cm³/mol. The van der Waals surface area contributed by atoms with E-state index >= 15 is 0 Å². The molecule has 0 aromatic heterocycles. The molecule has 0 aliphatic rings. The summed E-state index contributed by atoms with van der Waals surface area (Å²) in [5, 5.41) is 8.10. The van der Waals surface area contributed by atoms with Gasteiger partial charge in [-0.2, -0.15) is 5.10 Å². The summed E-state index contributed by atoms with van der Waals surface area (Å²) in [5.74, 6) is 1.26. The van der Waals surface area contributed by atoms with Crippen LogP contribution in [0.25, 0.3) is 0 Å². The second kappa shape index (κ2) is 7.27. The molecule has 1 aromatic rings. The van der Waals surface area contributed by atoms with Crippen LogP contribution in [-0.2, 0) is 0 Å². The van der Waals surface area contributed by atoms with Crippen LogP contribution in [0.1, 0.15) is 5.56 Å². The lowest BCUT2D eigenvalue weighted by Gasteiger charge is -2.09. The normalized spacial score (nSPS) is 11.9. The van der Waals surface area contributed by atoms with Crippen molar-refractivity contribution in [1.29, 1.82) is 0 Å². The van der Waals surface area contributed by atoms with Gasteiger partial charge in [-0.15, -0.1) is 5.10 Å². The van der Waals surface area contributed by atoms with Crippen LogP contribution in [0, 0.1) is 0 Å². The maximum absolute atomic E-state index is 5.51. The average Bonchev–Trinajstić information content (AvgIpc) is 2.37. The van der Waals surface area contributed by atoms with Gasteiger partial charge < -0.3 is 15.2 Å². The van der Waals surface area contributed by atoms with Crippen molar-refractivity contribution in [3.05, 3.63) is 22.2 Å². The predicted octanol–water partition coefficient (Wildman–Crippen LogP) is 2.48. The van der Waals surface area contributed by atoms with E-state index in [1.54, 1.807) is 26.5 Å². The van der Waals surface area contributed by atoms with Crippen molar-refractivity contribution in [3.63, 3.8) is 0 Å². The van der Waals surface area contributed by atoms with E-state index in [-0.39, 0.29) is 0 Å². The molecule has 1 aromatic carbocycles. The molecular weight excluding hydrogens is 318 g/mol. The SMILES string of the molecule is COc1cc(/C=N\N=C(/N)SC)cc(Br)c1OC. The molecule has 0 amide bonds. The first-order chi connectivity index (χ1) is 8.62. The summed E-state index contributed by atoms with van der Waals surface area (Å²) in [7, 11) is 3.16. The van der Waals surface area contributed by atoms with Gasteiger partial charge in [-0.3, -0.25) is 0 Å².